The zero-order valence-electron chi connectivity index (χ0n) is 10.8. The van der Waals surface area contributed by atoms with Gasteiger partial charge in [-0.15, -0.1) is 0 Å². The van der Waals surface area contributed by atoms with Crippen LogP contribution in [0.3, 0.4) is 0 Å². The zero-order chi connectivity index (χ0) is 14.9. The Labute approximate surface area is 120 Å². The maximum Gasteiger partial charge on any atom is 0.391 e. The number of benzene rings is 1. The van der Waals surface area contributed by atoms with Crippen molar-refractivity contribution in [3.05, 3.63) is 34.6 Å². The van der Waals surface area contributed by atoms with Crippen LogP contribution in [0.15, 0.2) is 18.2 Å². The Bertz CT molecular complexity index is 467. The molecule has 1 aliphatic rings. The molecule has 0 heterocycles. The topological polar surface area (TPSA) is 26.0 Å². The molecule has 0 radical (unpaired) electrons. The molecule has 0 aliphatic heterocycles. The average Bonchev–Trinajstić information content (AvgIpc) is 2.37. The smallest absolute Gasteiger partial charge is 0.324 e. The van der Waals surface area contributed by atoms with Gasteiger partial charge >= 0.3 is 6.18 Å². The number of hydrogen-bond acceptors (Lipinski definition) is 1. The van der Waals surface area contributed by atoms with Crippen molar-refractivity contribution in [2.75, 3.05) is 0 Å². The summed E-state index contributed by atoms with van der Waals surface area (Å²) in [6.07, 6.45) is -3.27. The van der Waals surface area contributed by atoms with Gasteiger partial charge in [-0.05, 0) is 43.7 Å². The first-order valence-electron chi connectivity index (χ1n) is 6.56. The van der Waals surface area contributed by atoms with Gasteiger partial charge in [-0.1, -0.05) is 17.7 Å². The molecule has 1 aromatic rings. The summed E-state index contributed by atoms with van der Waals surface area (Å²) in [6.45, 7) is 0. The van der Waals surface area contributed by atoms with Gasteiger partial charge in [0.25, 0.3) is 0 Å². The van der Waals surface area contributed by atoms with Gasteiger partial charge in [-0.3, -0.25) is 0 Å². The van der Waals surface area contributed by atoms with E-state index in [4.69, 9.17) is 17.3 Å². The van der Waals surface area contributed by atoms with Crippen LogP contribution in [0, 0.1) is 17.7 Å². The van der Waals surface area contributed by atoms with Crippen molar-refractivity contribution in [2.24, 2.45) is 17.6 Å². The molecule has 2 N–H and O–H groups in total. The van der Waals surface area contributed by atoms with Crippen molar-refractivity contribution >= 4 is 11.6 Å². The van der Waals surface area contributed by atoms with Crippen molar-refractivity contribution < 1.29 is 17.6 Å². The minimum absolute atomic E-state index is 0.0665. The lowest BCUT2D eigenvalue weighted by Gasteiger charge is -2.33. The van der Waals surface area contributed by atoms with Crippen molar-refractivity contribution in [1.29, 1.82) is 0 Å². The van der Waals surface area contributed by atoms with Crippen LogP contribution < -0.4 is 5.73 Å². The second-order valence-electron chi connectivity index (χ2n) is 5.34. The van der Waals surface area contributed by atoms with Crippen LogP contribution in [0.5, 0.6) is 0 Å². The van der Waals surface area contributed by atoms with Gasteiger partial charge in [-0.2, -0.15) is 13.2 Å². The highest BCUT2D eigenvalue weighted by Crippen LogP contribution is 2.42. The lowest BCUT2D eigenvalue weighted by atomic mass is 9.76. The molecule has 2 rings (SSSR count). The predicted molar refractivity (Wildman–Crippen MR) is 69.8 cm³/mol. The van der Waals surface area contributed by atoms with E-state index in [0.717, 1.165) is 0 Å². The predicted octanol–water partition coefficient (Wildman–Crippen LogP) is 4.85. The first-order chi connectivity index (χ1) is 9.29. The SMILES string of the molecule is NC(c1ccc(Cl)cc1F)C1CCC(C(F)(F)F)CC1. The fraction of sp³-hybridized carbons (Fsp3) is 0.571. The van der Waals surface area contributed by atoms with E-state index in [1.165, 1.54) is 12.1 Å². The fourth-order valence-electron chi connectivity index (χ4n) is 2.83. The monoisotopic (exact) mass is 309 g/mol. The first kappa shape index (κ1) is 15.6. The molecule has 0 amide bonds. The maximum atomic E-state index is 13.8. The van der Waals surface area contributed by atoms with Crippen molar-refractivity contribution in [1.82, 2.24) is 0 Å². The molecule has 0 aromatic heterocycles. The third-order valence-corrected chi connectivity index (χ3v) is 4.30. The molecule has 1 aliphatic carbocycles. The molecule has 1 saturated carbocycles. The minimum Gasteiger partial charge on any atom is -0.324 e. The molecule has 1 fully saturated rings. The van der Waals surface area contributed by atoms with Gasteiger partial charge < -0.3 is 5.73 Å². The second kappa shape index (κ2) is 5.90. The summed E-state index contributed by atoms with van der Waals surface area (Å²) < 4.78 is 51.6. The lowest BCUT2D eigenvalue weighted by Crippen LogP contribution is -2.32. The molecular weight excluding hydrogens is 294 g/mol. The zero-order valence-corrected chi connectivity index (χ0v) is 11.5. The van der Waals surface area contributed by atoms with Gasteiger partial charge in [0, 0.05) is 16.6 Å². The van der Waals surface area contributed by atoms with Crippen LogP contribution in [-0.2, 0) is 0 Å². The highest BCUT2D eigenvalue weighted by Gasteiger charge is 2.42. The first-order valence-corrected chi connectivity index (χ1v) is 6.94. The van der Waals surface area contributed by atoms with E-state index in [-0.39, 0.29) is 23.8 Å². The molecule has 20 heavy (non-hydrogen) atoms. The summed E-state index contributed by atoms with van der Waals surface area (Å²) in [5.74, 6) is -1.87. The molecule has 1 unspecified atom stereocenters. The quantitative estimate of drug-likeness (QED) is 0.777. The van der Waals surface area contributed by atoms with E-state index >= 15 is 0 Å². The van der Waals surface area contributed by atoms with E-state index in [1.54, 1.807) is 6.07 Å². The Morgan fingerprint density at radius 2 is 1.75 bits per heavy atom. The molecule has 1 atom stereocenters. The van der Waals surface area contributed by atoms with E-state index in [9.17, 15) is 17.6 Å². The van der Waals surface area contributed by atoms with E-state index < -0.39 is 24.0 Å². The van der Waals surface area contributed by atoms with E-state index in [1.807, 2.05) is 0 Å². The number of rotatable bonds is 2. The number of halogens is 5. The molecule has 0 saturated heterocycles. The second-order valence-corrected chi connectivity index (χ2v) is 5.78. The van der Waals surface area contributed by atoms with Gasteiger partial charge in [0.1, 0.15) is 5.82 Å². The Morgan fingerprint density at radius 3 is 2.25 bits per heavy atom. The Hall–Kier alpha value is -0.810. The molecule has 1 nitrogen and oxygen atoms in total. The summed E-state index contributed by atoms with van der Waals surface area (Å²) in [5, 5.41) is 0.277. The van der Waals surface area contributed by atoms with Crippen LogP contribution >= 0.6 is 11.6 Å². The molecule has 1 aromatic carbocycles. The number of nitrogens with two attached hydrogens (primary N) is 1. The van der Waals surface area contributed by atoms with E-state index in [0.29, 0.717) is 18.4 Å². The van der Waals surface area contributed by atoms with Crippen molar-refractivity contribution in [3.63, 3.8) is 0 Å². The molecular formula is C14H16ClF4N. The van der Waals surface area contributed by atoms with Gasteiger partial charge in [0.15, 0.2) is 0 Å². The highest BCUT2D eigenvalue weighted by atomic mass is 35.5. The van der Waals surface area contributed by atoms with Crippen LogP contribution in [-0.4, -0.2) is 6.18 Å². The largest absolute Gasteiger partial charge is 0.391 e. The van der Waals surface area contributed by atoms with Crippen LogP contribution in [0.4, 0.5) is 17.6 Å². The third-order valence-electron chi connectivity index (χ3n) is 4.06. The average molecular weight is 310 g/mol. The maximum absolute atomic E-state index is 13.8. The van der Waals surface area contributed by atoms with Gasteiger partial charge in [-0.25, -0.2) is 4.39 Å². The lowest BCUT2D eigenvalue weighted by molar-refractivity contribution is -0.184. The van der Waals surface area contributed by atoms with Crippen LogP contribution in [0.1, 0.15) is 37.3 Å². The fourth-order valence-corrected chi connectivity index (χ4v) is 2.99. The molecule has 0 spiro atoms. The Morgan fingerprint density at radius 1 is 1.15 bits per heavy atom. The summed E-state index contributed by atoms with van der Waals surface area (Å²) >= 11 is 5.67. The summed E-state index contributed by atoms with van der Waals surface area (Å²) in [7, 11) is 0. The molecule has 112 valence electrons. The molecule has 0 bridgehead atoms. The standard InChI is InChI=1S/C14H16ClF4N/c15-10-5-6-11(12(16)7-10)13(20)8-1-3-9(4-2-8)14(17,18)19/h5-9,13H,1-4,20H2. The van der Waals surface area contributed by atoms with Gasteiger partial charge in [0.2, 0.25) is 0 Å². The number of hydrogen-bond donors (Lipinski definition) is 1. The summed E-state index contributed by atoms with van der Waals surface area (Å²) in [4.78, 5) is 0. The van der Waals surface area contributed by atoms with Gasteiger partial charge in [0.05, 0.1) is 5.92 Å². The Kier molecular flexibility index (Phi) is 4.59. The van der Waals surface area contributed by atoms with Crippen LogP contribution in [0.2, 0.25) is 5.02 Å². The van der Waals surface area contributed by atoms with Crippen LogP contribution in [0.25, 0.3) is 0 Å². The third kappa shape index (κ3) is 3.44. The highest BCUT2D eigenvalue weighted by molar-refractivity contribution is 6.30. The number of alkyl halides is 3. The molecule has 6 heteroatoms. The van der Waals surface area contributed by atoms with Crippen molar-refractivity contribution in [3.8, 4) is 0 Å². The summed E-state index contributed by atoms with van der Waals surface area (Å²) in [6, 6.07) is 3.65. The van der Waals surface area contributed by atoms with E-state index in [2.05, 4.69) is 0 Å². The normalized spacial score (nSPS) is 25.5. The summed E-state index contributed by atoms with van der Waals surface area (Å²) in [5.41, 5.74) is 6.33. The van der Waals surface area contributed by atoms with Crippen molar-refractivity contribution in [2.45, 2.75) is 37.9 Å². The minimum atomic E-state index is -4.14. The Balaban J connectivity index is 2.03.